The zero-order valence-corrected chi connectivity index (χ0v) is 13.5. The first-order chi connectivity index (χ1) is 12.2. The van der Waals surface area contributed by atoms with E-state index in [9.17, 15) is 14.7 Å². The Morgan fingerprint density at radius 2 is 1.92 bits per heavy atom. The molecule has 5 nitrogen and oxygen atoms in total. The lowest BCUT2D eigenvalue weighted by Crippen LogP contribution is -2.29. The van der Waals surface area contributed by atoms with Crippen LogP contribution in [0, 0.1) is 0 Å². The molecule has 5 heteroatoms. The summed E-state index contributed by atoms with van der Waals surface area (Å²) < 4.78 is 0. The molecule has 25 heavy (non-hydrogen) atoms. The van der Waals surface area contributed by atoms with Crippen LogP contribution in [0.3, 0.4) is 0 Å². The van der Waals surface area contributed by atoms with Crippen molar-refractivity contribution in [3.63, 3.8) is 0 Å². The first-order valence-electron chi connectivity index (χ1n) is 8.14. The van der Waals surface area contributed by atoms with Crippen LogP contribution in [0.2, 0.25) is 0 Å². The number of amides is 1. The summed E-state index contributed by atoms with van der Waals surface area (Å²) >= 11 is 0. The first kappa shape index (κ1) is 15.3. The zero-order chi connectivity index (χ0) is 17.4. The monoisotopic (exact) mass is 332 g/mol. The third-order valence-corrected chi connectivity index (χ3v) is 4.67. The minimum absolute atomic E-state index is 0.107. The van der Waals surface area contributed by atoms with Gasteiger partial charge in [-0.3, -0.25) is 9.79 Å². The SMILES string of the molecule is O=C(O)c1cc2c(c3c1CC=NC=C3)CCN2C(=O)c1ccccc1. The van der Waals surface area contributed by atoms with Gasteiger partial charge in [0.25, 0.3) is 5.91 Å². The molecule has 1 N–H and O–H groups in total. The fourth-order valence-corrected chi connectivity index (χ4v) is 3.51. The smallest absolute Gasteiger partial charge is 0.336 e. The molecular formula is C20H16N2O3. The highest BCUT2D eigenvalue weighted by Crippen LogP contribution is 2.37. The largest absolute Gasteiger partial charge is 0.478 e. The van der Waals surface area contributed by atoms with E-state index in [0.29, 0.717) is 30.6 Å². The minimum atomic E-state index is -0.984. The highest BCUT2D eigenvalue weighted by atomic mass is 16.4. The van der Waals surface area contributed by atoms with Crippen molar-refractivity contribution < 1.29 is 14.7 Å². The lowest BCUT2D eigenvalue weighted by molar-refractivity contribution is 0.0695. The van der Waals surface area contributed by atoms with E-state index in [0.717, 1.165) is 16.7 Å². The molecule has 0 aromatic heterocycles. The van der Waals surface area contributed by atoms with Crippen molar-refractivity contribution in [2.45, 2.75) is 12.8 Å². The van der Waals surface area contributed by atoms with Crippen molar-refractivity contribution in [3.8, 4) is 0 Å². The van der Waals surface area contributed by atoms with Crippen molar-refractivity contribution in [3.05, 3.63) is 70.4 Å². The van der Waals surface area contributed by atoms with Gasteiger partial charge in [-0.25, -0.2) is 4.79 Å². The number of benzene rings is 2. The fourth-order valence-electron chi connectivity index (χ4n) is 3.51. The van der Waals surface area contributed by atoms with E-state index < -0.39 is 5.97 Å². The minimum Gasteiger partial charge on any atom is -0.478 e. The summed E-state index contributed by atoms with van der Waals surface area (Å²) in [7, 11) is 0. The van der Waals surface area contributed by atoms with Gasteiger partial charge in [-0.15, -0.1) is 0 Å². The molecule has 0 fully saturated rings. The second-order valence-corrected chi connectivity index (χ2v) is 6.04. The summed E-state index contributed by atoms with van der Waals surface area (Å²) in [5, 5.41) is 9.63. The number of carbonyl (C=O) groups excluding carboxylic acids is 1. The van der Waals surface area contributed by atoms with Crippen LogP contribution < -0.4 is 4.90 Å². The number of anilines is 1. The van der Waals surface area contributed by atoms with Gasteiger partial charge in [0.2, 0.25) is 0 Å². The Bertz CT molecular complexity index is 930. The number of aliphatic imine (C=N–C) groups is 1. The molecule has 0 radical (unpaired) electrons. The molecule has 0 bridgehead atoms. The van der Waals surface area contributed by atoms with E-state index in [2.05, 4.69) is 4.99 Å². The van der Waals surface area contributed by atoms with Gasteiger partial charge >= 0.3 is 5.97 Å². The van der Waals surface area contributed by atoms with E-state index in [1.54, 1.807) is 35.5 Å². The number of hydrogen-bond donors (Lipinski definition) is 1. The molecule has 1 amide bonds. The number of rotatable bonds is 2. The number of aromatic carboxylic acids is 1. The lowest BCUT2D eigenvalue weighted by Gasteiger charge is -2.20. The van der Waals surface area contributed by atoms with Gasteiger partial charge in [-0.1, -0.05) is 18.2 Å². The molecule has 0 saturated carbocycles. The average Bonchev–Trinajstić information content (AvgIpc) is 2.90. The number of hydrogen-bond acceptors (Lipinski definition) is 3. The molecule has 2 aliphatic rings. The molecule has 2 aromatic rings. The molecule has 4 rings (SSSR count). The third-order valence-electron chi connectivity index (χ3n) is 4.67. The van der Waals surface area contributed by atoms with Gasteiger partial charge in [-0.2, -0.15) is 0 Å². The predicted octanol–water partition coefficient (Wildman–Crippen LogP) is 3.19. The zero-order valence-electron chi connectivity index (χ0n) is 13.5. The maximum Gasteiger partial charge on any atom is 0.336 e. The summed E-state index contributed by atoms with van der Waals surface area (Å²) in [6, 6.07) is 10.7. The number of carbonyl (C=O) groups is 2. The van der Waals surface area contributed by atoms with Gasteiger partial charge in [0.05, 0.1) is 5.56 Å². The Labute approximate surface area is 144 Å². The summed E-state index contributed by atoms with van der Waals surface area (Å²) in [4.78, 5) is 30.4. The van der Waals surface area contributed by atoms with Crippen molar-refractivity contribution in [2.24, 2.45) is 4.99 Å². The summed E-state index contributed by atoms with van der Waals surface area (Å²) in [6.07, 6.45) is 6.42. The quantitative estimate of drug-likeness (QED) is 0.918. The molecule has 2 aliphatic heterocycles. The van der Waals surface area contributed by atoms with Crippen LogP contribution in [0.5, 0.6) is 0 Å². The van der Waals surface area contributed by atoms with Gasteiger partial charge < -0.3 is 10.0 Å². The van der Waals surface area contributed by atoms with Gasteiger partial charge in [0.15, 0.2) is 0 Å². The van der Waals surface area contributed by atoms with Crippen LogP contribution in [-0.2, 0) is 12.8 Å². The number of carboxylic acid groups (broad SMARTS) is 1. The molecule has 2 aromatic carbocycles. The van der Waals surface area contributed by atoms with E-state index in [1.165, 1.54) is 0 Å². The number of carboxylic acids is 1. The first-order valence-corrected chi connectivity index (χ1v) is 8.14. The predicted molar refractivity (Wildman–Crippen MR) is 96.5 cm³/mol. The lowest BCUT2D eigenvalue weighted by atomic mass is 9.92. The van der Waals surface area contributed by atoms with Crippen LogP contribution in [-0.4, -0.2) is 29.7 Å². The van der Waals surface area contributed by atoms with Gasteiger partial charge in [0, 0.05) is 36.6 Å². The van der Waals surface area contributed by atoms with E-state index in [1.807, 2.05) is 24.3 Å². The van der Waals surface area contributed by atoms with Crippen molar-refractivity contribution in [2.75, 3.05) is 11.4 Å². The normalized spacial score (nSPS) is 14.8. The molecule has 0 aliphatic carbocycles. The van der Waals surface area contributed by atoms with E-state index in [-0.39, 0.29) is 11.5 Å². The Kier molecular flexibility index (Phi) is 3.69. The topological polar surface area (TPSA) is 70.0 Å². The second-order valence-electron chi connectivity index (χ2n) is 6.04. The van der Waals surface area contributed by atoms with Crippen LogP contribution in [0.25, 0.3) is 6.08 Å². The number of nitrogens with zero attached hydrogens (tertiary/aromatic N) is 2. The fraction of sp³-hybridized carbons (Fsp3) is 0.150. The highest BCUT2D eigenvalue weighted by Gasteiger charge is 2.30. The Morgan fingerprint density at radius 1 is 1.12 bits per heavy atom. The number of fused-ring (bicyclic) bond motifs is 3. The van der Waals surface area contributed by atoms with Crippen molar-refractivity contribution in [1.29, 1.82) is 0 Å². The molecule has 2 heterocycles. The van der Waals surface area contributed by atoms with E-state index in [4.69, 9.17) is 0 Å². The maximum absolute atomic E-state index is 12.9. The summed E-state index contributed by atoms with van der Waals surface area (Å²) in [5.41, 5.74) is 4.19. The summed E-state index contributed by atoms with van der Waals surface area (Å²) in [5.74, 6) is -1.09. The van der Waals surface area contributed by atoms with Crippen LogP contribution in [0.4, 0.5) is 5.69 Å². The molecule has 0 unspecified atom stereocenters. The molecule has 0 spiro atoms. The van der Waals surface area contributed by atoms with Gasteiger partial charge in [0.1, 0.15) is 0 Å². The second kappa shape index (κ2) is 6.02. The molecular weight excluding hydrogens is 316 g/mol. The Morgan fingerprint density at radius 3 is 2.68 bits per heavy atom. The molecule has 0 saturated heterocycles. The third kappa shape index (κ3) is 2.54. The van der Waals surface area contributed by atoms with Crippen LogP contribution >= 0.6 is 0 Å². The Balaban J connectivity index is 1.86. The van der Waals surface area contributed by atoms with Crippen LogP contribution in [0.15, 0.2) is 47.6 Å². The van der Waals surface area contributed by atoms with Crippen molar-refractivity contribution in [1.82, 2.24) is 0 Å². The maximum atomic E-state index is 12.9. The standard InChI is InChI=1S/C20H16N2O3/c23-19(13-4-2-1-3-5-13)22-11-8-16-14-6-9-21-10-7-15(14)17(20(24)25)12-18(16)22/h1-6,9-10,12H,7-8,11H2,(H,24,25). The molecule has 0 atom stereocenters. The van der Waals surface area contributed by atoms with Crippen molar-refractivity contribution >= 4 is 29.9 Å². The van der Waals surface area contributed by atoms with Crippen LogP contribution in [0.1, 0.15) is 37.4 Å². The summed E-state index contributed by atoms with van der Waals surface area (Å²) in [6.45, 7) is 0.549. The average molecular weight is 332 g/mol. The highest BCUT2D eigenvalue weighted by molar-refractivity contribution is 6.08. The molecule has 124 valence electrons. The van der Waals surface area contributed by atoms with E-state index >= 15 is 0 Å². The Hall–Kier alpha value is -3.21. The van der Waals surface area contributed by atoms with Gasteiger partial charge in [-0.05, 0) is 47.4 Å².